The Morgan fingerprint density at radius 3 is 2.68 bits per heavy atom. The molecule has 8 heteroatoms. The van der Waals surface area contributed by atoms with Crippen LogP contribution in [0.25, 0.3) is 0 Å². The molecule has 1 aromatic carbocycles. The lowest BCUT2D eigenvalue weighted by Crippen LogP contribution is -2.26. The first-order valence-corrected chi connectivity index (χ1v) is 7.08. The van der Waals surface area contributed by atoms with Crippen LogP contribution in [0.3, 0.4) is 0 Å². The van der Waals surface area contributed by atoms with E-state index < -0.39 is 16.9 Å². The number of methoxy groups -OCH3 is 1. The number of nitro groups is 1. The molecule has 1 heterocycles. The van der Waals surface area contributed by atoms with Gasteiger partial charge in [-0.2, -0.15) is 5.10 Å². The summed E-state index contributed by atoms with van der Waals surface area (Å²) in [5, 5.41) is 14.4. The maximum atomic E-state index is 12.0. The first-order valence-electron chi connectivity index (χ1n) is 6.26. The van der Waals surface area contributed by atoms with E-state index in [0.29, 0.717) is 10.4 Å². The number of rotatable bonds is 6. The van der Waals surface area contributed by atoms with Crippen LogP contribution in [0.4, 0.5) is 5.00 Å². The molecule has 1 N–H and O–H groups in total. The van der Waals surface area contributed by atoms with Crippen molar-refractivity contribution in [2.45, 2.75) is 6.10 Å². The van der Waals surface area contributed by atoms with Crippen LogP contribution in [0.1, 0.15) is 16.5 Å². The van der Waals surface area contributed by atoms with E-state index >= 15 is 0 Å². The molecule has 1 atom stereocenters. The molecule has 0 fully saturated rings. The molecule has 22 heavy (non-hydrogen) atoms. The van der Waals surface area contributed by atoms with Gasteiger partial charge >= 0.3 is 5.00 Å². The van der Waals surface area contributed by atoms with E-state index in [9.17, 15) is 14.9 Å². The van der Waals surface area contributed by atoms with Crippen molar-refractivity contribution in [3.8, 4) is 0 Å². The number of carbonyl (C=O) groups is 1. The Hall–Kier alpha value is -2.58. The molecule has 0 radical (unpaired) electrons. The van der Waals surface area contributed by atoms with Crippen LogP contribution in [0, 0.1) is 10.1 Å². The number of amides is 1. The summed E-state index contributed by atoms with van der Waals surface area (Å²) < 4.78 is 5.16. The summed E-state index contributed by atoms with van der Waals surface area (Å²) >= 11 is 0.972. The predicted molar refractivity (Wildman–Crippen MR) is 82.9 cm³/mol. The molecule has 1 unspecified atom stereocenters. The molecule has 0 aliphatic carbocycles. The van der Waals surface area contributed by atoms with E-state index in [0.717, 1.165) is 11.3 Å². The number of hydrogen-bond donors (Lipinski definition) is 1. The summed E-state index contributed by atoms with van der Waals surface area (Å²) in [5.74, 6) is -0.420. The number of ether oxygens (including phenoxy) is 1. The molecular weight excluding hydrogens is 306 g/mol. The molecule has 0 aliphatic heterocycles. The maximum Gasteiger partial charge on any atom is 0.324 e. The van der Waals surface area contributed by atoms with E-state index in [1.54, 1.807) is 18.2 Å². The predicted octanol–water partition coefficient (Wildman–Crippen LogP) is 2.49. The minimum atomic E-state index is -0.768. The minimum Gasteiger partial charge on any atom is -0.367 e. The zero-order chi connectivity index (χ0) is 15.9. The number of hydrazone groups is 1. The van der Waals surface area contributed by atoms with E-state index in [-0.39, 0.29) is 5.00 Å². The van der Waals surface area contributed by atoms with Crippen molar-refractivity contribution in [2.75, 3.05) is 7.11 Å². The largest absolute Gasteiger partial charge is 0.367 e. The third-order valence-corrected chi connectivity index (χ3v) is 3.71. The molecule has 2 rings (SSSR count). The van der Waals surface area contributed by atoms with Crippen molar-refractivity contribution in [1.82, 2.24) is 5.43 Å². The van der Waals surface area contributed by atoms with Crippen LogP contribution in [-0.4, -0.2) is 24.2 Å². The zero-order valence-corrected chi connectivity index (χ0v) is 12.4. The molecule has 0 saturated heterocycles. The highest BCUT2D eigenvalue weighted by Gasteiger charge is 2.19. The zero-order valence-electron chi connectivity index (χ0n) is 11.6. The van der Waals surface area contributed by atoms with Gasteiger partial charge < -0.3 is 4.74 Å². The van der Waals surface area contributed by atoms with E-state index in [2.05, 4.69) is 10.5 Å². The summed E-state index contributed by atoms with van der Waals surface area (Å²) in [6, 6.07) is 12.0. The molecule has 0 bridgehead atoms. The van der Waals surface area contributed by atoms with Gasteiger partial charge in [0.2, 0.25) is 0 Å². The van der Waals surface area contributed by atoms with E-state index in [1.807, 2.05) is 18.2 Å². The molecule has 0 aliphatic rings. The molecule has 7 nitrogen and oxygen atoms in total. The van der Waals surface area contributed by atoms with Crippen molar-refractivity contribution in [1.29, 1.82) is 0 Å². The second kappa shape index (κ2) is 7.43. The summed E-state index contributed by atoms with van der Waals surface area (Å²) in [6.07, 6.45) is 0.587. The van der Waals surface area contributed by atoms with Gasteiger partial charge in [-0.15, -0.1) is 0 Å². The fourth-order valence-corrected chi connectivity index (χ4v) is 2.44. The van der Waals surface area contributed by atoms with Crippen LogP contribution in [0.5, 0.6) is 0 Å². The lowest BCUT2D eigenvalue weighted by molar-refractivity contribution is -0.380. The van der Waals surface area contributed by atoms with E-state index in [4.69, 9.17) is 4.74 Å². The Labute approximate surface area is 130 Å². The average Bonchev–Trinajstić information content (AvgIpc) is 2.98. The second-order valence-electron chi connectivity index (χ2n) is 4.19. The summed E-state index contributed by atoms with van der Waals surface area (Å²) in [5.41, 5.74) is 3.07. The standard InChI is InChI=1S/C14H13N3O4S/c1-21-13(10-5-3-2-4-6-10)14(18)16-15-9-11-7-8-12(22-11)17(19)20/h2-9,13H,1H3,(H,16,18)/b15-9+. The average molecular weight is 319 g/mol. The highest BCUT2D eigenvalue weighted by atomic mass is 32.1. The molecule has 0 spiro atoms. The monoisotopic (exact) mass is 319 g/mol. The summed E-state index contributed by atoms with van der Waals surface area (Å²) in [7, 11) is 1.43. The van der Waals surface area contributed by atoms with Crippen molar-refractivity contribution < 1.29 is 14.5 Å². The van der Waals surface area contributed by atoms with Gasteiger partial charge in [-0.3, -0.25) is 14.9 Å². The van der Waals surface area contributed by atoms with Gasteiger partial charge in [0, 0.05) is 13.2 Å². The van der Waals surface area contributed by atoms with Crippen LogP contribution in [0.2, 0.25) is 0 Å². The number of thiophene rings is 1. The van der Waals surface area contributed by atoms with E-state index in [1.165, 1.54) is 19.4 Å². The lowest BCUT2D eigenvalue weighted by atomic mass is 10.1. The number of benzene rings is 1. The van der Waals surface area contributed by atoms with Crippen LogP contribution >= 0.6 is 11.3 Å². The van der Waals surface area contributed by atoms with Crippen LogP contribution < -0.4 is 5.43 Å². The number of hydrogen-bond acceptors (Lipinski definition) is 6. The van der Waals surface area contributed by atoms with Gasteiger partial charge in [-0.05, 0) is 11.6 Å². The van der Waals surface area contributed by atoms with Gasteiger partial charge in [0.15, 0.2) is 6.10 Å². The first kappa shape index (κ1) is 15.8. The van der Waals surface area contributed by atoms with Crippen LogP contribution in [-0.2, 0) is 9.53 Å². The summed E-state index contributed by atoms with van der Waals surface area (Å²) in [4.78, 5) is 22.7. The van der Waals surface area contributed by atoms with Crippen molar-refractivity contribution in [3.63, 3.8) is 0 Å². The Morgan fingerprint density at radius 1 is 1.36 bits per heavy atom. The molecule has 0 saturated carbocycles. The Balaban J connectivity index is 1.98. The summed E-state index contributed by atoms with van der Waals surface area (Å²) in [6.45, 7) is 0. The molecule has 1 aromatic heterocycles. The van der Waals surface area contributed by atoms with Gasteiger partial charge in [-0.1, -0.05) is 41.7 Å². The number of carbonyl (C=O) groups excluding carboxylic acids is 1. The number of nitrogens with one attached hydrogen (secondary N) is 1. The van der Waals surface area contributed by atoms with Gasteiger partial charge in [0.1, 0.15) is 0 Å². The highest BCUT2D eigenvalue weighted by molar-refractivity contribution is 7.16. The maximum absolute atomic E-state index is 12.0. The fourth-order valence-electron chi connectivity index (χ4n) is 1.75. The normalized spacial score (nSPS) is 12.2. The van der Waals surface area contributed by atoms with Crippen LogP contribution in [0.15, 0.2) is 47.6 Å². The minimum absolute atomic E-state index is 0.0202. The topological polar surface area (TPSA) is 93.8 Å². The third kappa shape index (κ3) is 3.96. The molecule has 114 valence electrons. The second-order valence-corrected chi connectivity index (χ2v) is 5.29. The Kier molecular flexibility index (Phi) is 5.34. The molecular formula is C14H13N3O4S. The molecule has 2 aromatic rings. The van der Waals surface area contributed by atoms with Gasteiger partial charge in [0.05, 0.1) is 16.0 Å². The lowest BCUT2D eigenvalue weighted by Gasteiger charge is -2.13. The SMILES string of the molecule is COC(C(=O)N/N=C/c1ccc([N+](=O)[O-])s1)c1ccccc1. The Morgan fingerprint density at radius 2 is 2.09 bits per heavy atom. The smallest absolute Gasteiger partial charge is 0.324 e. The highest BCUT2D eigenvalue weighted by Crippen LogP contribution is 2.22. The quantitative estimate of drug-likeness (QED) is 0.503. The van der Waals surface area contributed by atoms with Crippen molar-refractivity contribution >= 4 is 28.5 Å². The van der Waals surface area contributed by atoms with Gasteiger partial charge in [-0.25, -0.2) is 5.43 Å². The Bertz CT molecular complexity index is 684. The number of nitrogens with zero attached hydrogens (tertiary/aromatic N) is 2. The van der Waals surface area contributed by atoms with Crippen molar-refractivity contribution in [2.24, 2.45) is 5.10 Å². The molecule has 1 amide bonds. The van der Waals surface area contributed by atoms with Gasteiger partial charge in [0.25, 0.3) is 5.91 Å². The third-order valence-electron chi connectivity index (χ3n) is 2.74. The van der Waals surface area contributed by atoms with Crippen molar-refractivity contribution in [3.05, 3.63) is 63.0 Å². The fraction of sp³-hybridized carbons (Fsp3) is 0.143. The first-order chi connectivity index (χ1) is 10.6.